The Labute approximate surface area is 118 Å². The van der Waals surface area contributed by atoms with Gasteiger partial charge in [-0.2, -0.15) is 0 Å². The number of benzene rings is 1. The van der Waals surface area contributed by atoms with Gasteiger partial charge in [0.05, 0.1) is 5.52 Å². The van der Waals surface area contributed by atoms with E-state index in [1.165, 1.54) is 0 Å². The maximum absolute atomic E-state index is 12.0. The van der Waals surface area contributed by atoms with E-state index in [1.807, 2.05) is 6.07 Å². The lowest BCUT2D eigenvalue weighted by Crippen LogP contribution is -2.06. The van der Waals surface area contributed by atoms with Crippen LogP contribution in [0.25, 0.3) is 21.8 Å². The molecule has 0 bridgehead atoms. The van der Waals surface area contributed by atoms with Crippen LogP contribution in [-0.2, 0) is 11.2 Å². The van der Waals surface area contributed by atoms with E-state index < -0.39 is 5.97 Å². The zero-order chi connectivity index (χ0) is 14.3. The van der Waals surface area contributed by atoms with Crippen molar-refractivity contribution in [3.8, 4) is 0 Å². The van der Waals surface area contributed by atoms with E-state index in [0.717, 1.165) is 16.3 Å². The number of fused-ring (bicyclic) bond motifs is 3. The van der Waals surface area contributed by atoms with Crippen molar-refractivity contribution in [1.29, 1.82) is 0 Å². The molecule has 0 amide bonds. The first kappa shape index (κ1) is 12.7. The van der Waals surface area contributed by atoms with Gasteiger partial charge in [0.15, 0.2) is 0 Å². The first-order chi connectivity index (χ1) is 9.56. The van der Waals surface area contributed by atoms with Crippen molar-refractivity contribution in [2.75, 3.05) is 0 Å². The summed E-state index contributed by atoms with van der Waals surface area (Å²) in [6, 6.07) is 5.26. The van der Waals surface area contributed by atoms with Gasteiger partial charge in [-0.3, -0.25) is 9.59 Å². The van der Waals surface area contributed by atoms with E-state index in [0.29, 0.717) is 22.5 Å². The summed E-state index contributed by atoms with van der Waals surface area (Å²) in [6.07, 6.45) is 2.09. The first-order valence-corrected chi connectivity index (χ1v) is 6.47. The molecule has 0 aliphatic heterocycles. The minimum absolute atomic E-state index is 0.0227. The molecule has 2 heterocycles. The maximum atomic E-state index is 12.0. The highest BCUT2D eigenvalue weighted by Crippen LogP contribution is 2.27. The second kappa shape index (κ2) is 4.68. The average molecular weight is 291 g/mol. The van der Waals surface area contributed by atoms with Crippen LogP contribution >= 0.6 is 11.6 Å². The normalized spacial score (nSPS) is 11.2. The third-order valence-electron chi connectivity index (χ3n) is 3.30. The van der Waals surface area contributed by atoms with E-state index in [4.69, 9.17) is 16.7 Å². The van der Waals surface area contributed by atoms with Crippen LogP contribution in [0.4, 0.5) is 0 Å². The van der Waals surface area contributed by atoms with Crippen molar-refractivity contribution in [3.05, 3.63) is 45.3 Å². The third-order valence-corrected chi connectivity index (χ3v) is 3.53. The number of aryl methyl sites for hydroxylation is 1. The highest BCUT2D eigenvalue weighted by Gasteiger charge is 2.12. The Morgan fingerprint density at radius 1 is 1.35 bits per heavy atom. The number of halogens is 1. The number of aliphatic carboxylic acids is 1. The molecule has 0 fully saturated rings. The van der Waals surface area contributed by atoms with Gasteiger partial charge < -0.3 is 15.1 Å². The van der Waals surface area contributed by atoms with Gasteiger partial charge in [-0.1, -0.05) is 17.7 Å². The number of carboxylic acids is 1. The Bertz CT molecular complexity index is 879. The van der Waals surface area contributed by atoms with Crippen LogP contribution in [0.1, 0.15) is 12.0 Å². The summed E-state index contributed by atoms with van der Waals surface area (Å²) in [7, 11) is 0. The number of hydrogen-bond acceptors (Lipinski definition) is 2. The van der Waals surface area contributed by atoms with Crippen LogP contribution in [-0.4, -0.2) is 21.0 Å². The van der Waals surface area contributed by atoms with Crippen LogP contribution in [0.2, 0.25) is 5.02 Å². The lowest BCUT2D eigenvalue weighted by molar-refractivity contribution is -0.136. The van der Waals surface area contributed by atoms with Gasteiger partial charge in [-0.15, -0.1) is 0 Å². The van der Waals surface area contributed by atoms with Crippen molar-refractivity contribution < 1.29 is 9.90 Å². The fourth-order valence-electron chi connectivity index (χ4n) is 2.41. The Morgan fingerprint density at radius 3 is 2.90 bits per heavy atom. The second-order valence-corrected chi connectivity index (χ2v) is 5.04. The summed E-state index contributed by atoms with van der Waals surface area (Å²) in [5.41, 5.74) is 1.68. The monoisotopic (exact) mass is 290 g/mol. The minimum atomic E-state index is -0.864. The van der Waals surface area contributed by atoms with Crippen molar-refractivity contribution >= 4 is 39.4 Å². The molecule has 0 aliphatic rings. The molecule has 1 aromatic carbocycles. The molecule has 0 spiro atoms. The molecule has 0 atom stereocenters. The molecule has 0 aliphatic carbocycles. The zero-order valence-corrected chi connectivity index (χ0v) is 11.1. The second-order valence-electron chi connectivity index (χ2n) is 4.60. The molecule has 3 aromatic rings. The molecule has 0 unspecified atom stereocenters. The molecule has 5 nitrogen and oxygen atoms in total. The van der Waals surface area contributed by atoms with E-state index in [1.54, 1.807) is 18.3 Å². The predicted molar refractivity (Wildman–Crippen MR) is 77.4 cm³/mol. The fraction of sp³-hybridized carbons (Fsp3) is 0.143. The lowest BCUT2D eigenvalue weighted by Gasteiger charge is -2.03. The highest BCUT2D eigenvalue weighted by molar-refractivity contribution is 6.31. The van der Waals surface area contributed by atoms with Crippen LogP contribution in [0.15, 0.2) is 29.2 Å². The molecule has 6 heteroatoms. The van der Waals surface area contributed by atoms with Crippen LogP contribution in [0.5, 0.6) is 0 Å². The summed E-state index contributed by atoms with van der Waals surface area (Å²) >= 11 is 5.93. The first-order valence-electron chi connectivity index (χ1n) is 6.09. The van der Waals surface area contributed by atoms with Crippen molar-refractivity contribution in [3.63, 3.8) is 0 Å². The number of aromatic amines is 2. The van der Waals surface area contributed by atoms with Gasteiger partial charge in [0.25, 0.3) is 5.56 Å². The van der Waals surface area contributed by atoms with E-state index >= 15 is 0 Å². The Balaban J connectivity index is 2.30. The molecule has 20 heavy (non-hydrogen) atoms. The maximum Gasteiger partial charge on any atom is 0.303 e. The zero-order valence-electron chi connectivity index (χ0n) is 10.4. The van der Waals surface area contributed by atoms with Crippen LogP contribution < -0.4 is 5.56 Å². The highest BCUT2D eigenvalue weighted by atomic mass is 35.5. The van der Waals surface area contributed by atoms with Crippen LogP contribution in [0.3, 0.4) is 0 Å². The molecule has 102 valence electrons. The minimum Gasteiger partial charge on any atom is -0.481 e. The summed E-state index contributed by atoms with van der Waals surface area (Å²) in [6.45, 7) is 0. The Hall–Kier alpha value is -2.27. The van der Waals surface area contributed by atoms with Gasteiger partial charge in [0.1, 0.15) is 5.52 Å². The largest absolute Gasteiger partial charge is 0.481 e. The number of aromatic nitrogens is 2. The summed E-state index contributed by atoms with van der Waals surface area (Å²) in [5, 5.41) is 10.9. The van der Waals surface area contributed by atoms with Crippen LogP contribution in [0, 0.1) is 0 Å². The molecule has 0 radical (unpaired) electrons. The Morgan fingerprint density at radius 2 is 2.15 bits per heavy atom. The number of carboxylic acid groups (broad SMARTS) is 1. The summed E-state index contributed by atoms with van der Waals surface area (Å²) < 4.78 is 0. The standard InChI is InChI=1S/C14H11ClN2O3/c15-8-2-3-9-10(5-8)17-14(20)13-12(9)7(6-16-13)1-4-11(18)19/h2-3,5-6,16H,1,4H2,(H,17,20)(H,18,19). The van der Waals surface area contributed by atoms with Gasteiger partial charge >= 0.3 is 5.97 Å². The fourth-order valence-corrected chi connectivity index (χ4v) is 2.58. The molecular weight excluding hydrogens is 280 g/mol. The molecule has 0 saturated carbocycles. The van der Waals surface area contributed by atoms with E-state index in [9.17, 15) is 9.59 Å². The number of rotatable bonds is 3. The number of nitrogens with one attached hydrogen (secondary N) is 2. The Kier molecular flexibility index (Phi) is 2.99. The number of H-pyrrole nitrogens is 2. The molecule has 0 saturated heterocycles. The number of pyridine rings is 1. The predicted octanol–water partition coefficient (Wildman–Crippen LogP) is 2.68. The summed E-state index contributed by atoms with van der Waals surface area (Å²) in [4.78, 5) is 28.4. The van der Waals surface area contributed by atoms with Crippen molar-refractivity contribution in [2.24, 2.45) is 0 Å². The third kappa shape index (κ3) is 2.06. The van der Waals surface area contributed by atoms with E-state index in [2.05, 4.69) is 9.97 Å². The lowest BCUT2D eigenvalue weighted by atomic mass is 10.0. The topological polar surface area (TPSA) is 85.9 Å². The number of hydrogen-bond donors (Lipinski definition) is 3. The number of carbonyl (C=O) groups is 1. The van der Waals surface area contributed by atoms with Crippen molar-refractivity contribution in [1.82, 2.24) is 9.97 Å². The van der Waals surface area contributed by atoms with Gasteiger partial charge in [0.2, 0.25) is 0 Å². The van der Waals surface area contributed by atoms with Crippen molar-refractivity contribution in [2.45, 2.75) is 12.8 Å². The van der Waals surface area contributed by atoms with Gasteiger partial charge in [0, 0.05) is 28.4 Å². The van der Waals surface area contributed by atoms with E-state index in [-0.39, 0.29) is 12.0 Å². The average Bonchev–Trinajstić information content (AvgIpc) is 2.80. The molecular formula is C14H11ClN2O3. The smallest absolute Gasteiger partial charge is 0.303 e. The molecule has 2 aromatic heterocycles. The van der Waals surface area contributed by atoms with Gasteiger partial charge in [-0.05, 0) is 24.1 Å². The quantitative estimate of drug-likeness (QED) is 0.693. The summed E-state index contributed by atoms with van der Waals surface area (Å²) in [5.74, 6) is -0.864. The molecule has 3 N–H and O–H groups in total. The molecule has 3 rings (SSSR count). The SMILES string of the molecule is O=C(O)CCc1c[nH]c2c(=O)[nH]c3cc(Cl)ccc3c12. The van der Waals surface area contributed by atoms with Gasteiger partial charge in [-0.25, -0.2) is 0 Å².